The molecule has 2 rings (SSSR count). The molecule has 4 heteroatoms. The third-order valence-corrected chi connectivity index (χ3v) is 3.04. The Bertz CT molecular complexity index is 552. The van der Waals surface area contributed by atoms with Crippen molar-refractivity contribution >= 4 is 11.5 Å². The van der Waals surface area contributed by atoms with Crippen LogP contribution in [0.2, 0.25) is 0 Å². The number of methoxy groups -OCH3 is 1. The number of pyridine rings is 1. The summed E-state index contributed by atoms with van der Waals surface area (Å²) in [5, 5.41) is 0. The first-order valence-electron chi connectivity index (χ1n) is 6.19. The minimum absolute atomic E-state index is 0.521. The lowest BCUT2D eigenvalue weighted by molar-refractivity contribution is 0.415. The maximum atomic E-state index is 5.70. The molecule has 0 saturated carbocycles. The fraction of sp³-hybridized carbons (Fsp3) is 0.267. The van der Waals surface area contributed by atoms with E-state index in [1.807, 2.05) is 55.3 Å². The molecular weight excluding hydrogens is 238 g/mol. The molecule has 0 saturated heterocycles. The van der Waals surface area contributed by atoms with Crippen molar-refractivity contribution in [3.05, 3.63) is 47.7 Å². The average molecular weight is 257 g/mol. The van der Waals surface area contributed by atoms with Crippen LogP contribution in [0.5, 0.6) is 5.75 Å². The van der Waals surface area contributed by atoms with Gasteiger partial charge in [0, 0.05) is 25.0 Å². The highest BCUT2D eigenvalue weighted by atomic mass is 16.5. The van der Waals surface area contributed by atoms with E-state index in [9.17, 15) is 0 Å². The first-order valence-corrected chi connectivity index (χ1v) is 6.19. The lowest BCUT2D eigenvalue weighted by Crippen LogP contribution is -2.12. The van der Waals surface area contributed by atoms with E-state index < -0.39 is 0 Å². The molecule has 1 aromatic carbocycles. The van der Waals surface area contributed by atoms with Crippen LogP contribution in [0.4, 0.5) is 11.5 Å². The standard InChI is InChI=1S/C15H19N3O/c1-11-8-12(10-16)9-15(17-11)18(2)13-4-6-14(19-3)7-5-13/h4-9H,10,16H2,1-3H3. The molecule has 1 aromatic heterocycles. The SMILES string of the molecule is COc1ccc(N(C)c2cc(CN)cc(C)n2)cc1. The van der Waals surface area contributed by atoms with E-state index in [0.717, 1.165) is 28.5 Å². The van der Waals surface area contributed by atoms with Gasteiger partial charge in [0.25, 0.3) is 0 Å². The van der Waals surface area contributed by atoms with Crippen molar-refractivity contribution < 1.29 is 4.74 Å². The number of hydrogen-bond donors (Lipinski definition) is 1. The topological polar surface area (TPSA) is 51.4 Å². The van der Waals surface area contributed by atoms with Crippen LogP contribution in [0.1, 0.15) is 11.3 Å². The Hall–Kier alpha value is -2.07. The van der Waals surface area contributed by atoms with Gasteiger partial charge in [-0.1, -0.05) is 0 Å². The number of aromatic nitrogens is 1. The fourth-order valence-electron chi connectivity index (χ4n) is 1.95. The Kier molecular flexibility index (Phi) is 4.02. The van der Waals surface area contributed by atoms with Gasteiger partial charge in [-0.25, -0.2) is 4.98 Å². The van der Waals surface area contributed by atoms with Gasteiger partial charge in [-0.05, 0) is 48.9 Å². The number of anilines is 2. The second-order valence-electron chi connectivity index (χ2n) is 4.44. The minimum atomic E-state index is 0.521. The summed E-state index contributed by atoms with van der Waals surface area (Å²) in [5.41, 5.74) is 8.82. The molecule has 0 fully saturated rings. The number of rotatable bonds is 4. The molecule has 2 N–H and O–H groups in total. The molecule has 0 aliphatic carbocycles. The smallest absolute Gasteiger partial charge is 0.133 e. The van der Waals surface area contributed by atoms with Gasteiger partial charge in [0.1, 0.15) is 11.6 Å². The highest BCUT2D eigenvalue weighted by Crippen LogP contribution is 2.25. The minimum Gasteiger partial charge on any atom is -0.497 e. The maximum Gasteiger partial charge on any atom is 0.133 e. The molecule has 4 nitrogen and oxygen atoms in total. The normalized spacial score (nSPS) is 10.3. The molecular formula is C15H19N3O. The van der Waals surface area contributed by atoms with Crippen molar-refractivity contribution in [1.29, 1.82) is 0 Å². The summed E-state index contributed by atoms with van der Waals surface area (Å²) in [4.78, 5) is 6.57. The maximum absolute atomic E-state index is 5.70. The molecule has 100 valence electrons. The lowest BCUT2D eigenvalue weighted by Gasteiger charge is -2.19. The molecule has 0 spiro atoms. The Balaban J connectivity index is 2.31. The summed E-state index contributed by atoms with van der Waals surface area (Å²) in [6.07, 6.45) is 0. The molecule has 19 heavy (non-hydrogen) atoms. The Morgan fingerprint density at radius 2 is 1.89 bits per heavy atom. The molecule has 0 atom stereocenters. The van der Waals surface area contributed by atoms with Crippen molar-refractivity contribution in [1.82, 2.24) is 4.98 Å². The number of aryl methyl sites for hydroxylation is 1. The predicted molar refractivity (Wildman–Crippen MR) is 77.9 cm³/mol. The quantitative estimate of drug-likeness (QED) is 0.914. The largest absolute Gasteiger partial charge is 0.497 e. The predicted octanol–water partition coefficient (Wildman–Crippen LogP) is 2.63. The second-order valence-corrected chi connectivity index (χ2v) is 4.44. The van der Waals surface area contributed by atoms with Crippen molar-refractivity contribution in [2.75, 3.05) is 19.1 Å². The second kappa shape index (κ2) is 5.71. The third kappa shape index (κ3) is 3.03. The fourth-order valence-corrected chi connectivity index (χ4v) is 1.95. The Morgan fingerprint density at radius 1 is 1.21 bits per heavy atom. The van der Waals surface area contributed by atoms with Crippen LogP contribution < -0.4 is 15.4 Å². The van der Waals surface area contributed by atoms with E-state index in [4.69, 9.17) is 10.5 Å². The van der Waals surface area contributed by atoms with Crippen LogP contribution in [0.15, 0.2) is 36.4 Å². The number of nitrogens with two attached hydrogens (primary N) is 1. The zero-order valence-electron chi connectivity index (χ0n) is 11.6. The van der Waals surface area contributed by atoms with Gasteiger partial charge in [-0.15, -0.1) is 0 Å². The number of nitrogens with zero attached hydrogens (tertiary/aromatic N) is 2. The zero-order chi connectivity index (χ0) is 13.8. The summed E-state index contributed by atoms with van der Waals surface area (Å²) in [5.74, 6) is 1.74. The van der Waals surface area contributed by atoms with E-state index >= 15 is 0 Å². The van der Waals surface area contributed by atoms with Crippen LogP contribution in [0.25, 0.3) is 0 Å². The van der Waals surface area contributed by atoms with Crippen molar-refractivity contribution in [2.24, 2.45) is 5.73 Å². The highest BCUT2D eigenvalue weighted by Gasteiger charge is 2.07. The van der Waals surface area contributed by atoms with E-state index in [0.29, 0.717) is 6.54 Å². The molecule has 0 amide bonds. The first kappa shape index (κ1) is 13.4. The van der Waals surface area contributed by atoms with Crippen LogP contribution in [-0.2, 0) is 6.54 Å². The summed E-state index contributed by atoms with van der Waals surface area (Å²) in [6.45, 7) is 2.50. The van der Waals surface area contributed by atoms with E-state index in [1.165, 1.54) is 0 Å². The number of benzene rings is 1. The monoisotopic (exact) mass is 257 g/mol. The van der Waals surface area contributed by atoms with Gasteiger partial charge in [0.15, 0.2) is 0 Å². The van der Waals surface area contributed by atoms with E-state index in [2.05, 4.69) is 4.98 Å². The summed E-state index contributed by atoms with van der Waals surface area (Å²) < 4.78 is 5.16. The number of hydrogen-bond acceptors (Lipinski definition) is 4. The van der Waals surface area contributed by atoms with Crippen molar-refractivity contribution in [3.63, 3.8) is 0 Å². The van der Waals surface area contributed by atoms with E-state index in [1.54, 1.807) is 7.11 Å². The van der Waals surface area contributed by atoms with Crippen LogP contribution in [0.3, 0.4) is 0 Å². The summed E-state index contributed by atoms with van der Waals surface area (Å²) in [7, 11) is 3.65. The molecule has 0 bridgehead atoms. The molecule has 2 aromatic rings. The number of ether oxygens (including phenoxy) is 1. The first-order chi connectivity index (χ1) is 9.13. The Labute approximate surface area is 113 Å². The van der Waals surface area contributed by atoms with Crippen molar-refractivity contribution in [2.45, 2.75) is 13.5 Å². The van der Waals surface area contributed by atoms with Crippen molar-refractivity contribution in [3.8, 4) is 5.75 Å². The van der Waals surface area contributed by atoms with Crippen LogP contribution in [-0.4, -0.2) is 19.1 Å². The third-order valence-electron chi connectivity index (χ3n) is 3.04. The molecule has 0 radical (unpaired) electrons. The van der Waals surface area contributed by atoms with Gasteiger partial charge in [-0.3, -0.25) is 0 Å². The summed E-state index contributed by atoms with van der Waals surface area (Å²) >= 11 is 0. The molecule has 0 aliphatic rings. The molecule has 0 aliphatic heterocycles. The summed E-state index contributed by atoms with van der Waals surface area (Å²) in [6, 6.07) is 11.9. The van der Waals surface area contributed by atoms with Gasteiger partial charge < -0.3 is 15.4 Å². The van der Waals surface area contributed by atoms with Gasteiger partial charge in [0.05, 0.1) is 7.11 Å². The molecule has 0 unspecified atom stereocenters. The zero-order valence-corrected chi connectivity index (χ0v) is 11.6. The van der Waals surface area contributed by atoms with Gasteiger partial charge >= 0.3 is 0 Å². The Morgan fingerprint density at radius 3 is 2.47 bits per heavy atom. The van der Waals surface area contributed by atoms with Gasteiger partial charge in [0.2, 0.25) is 0 Å². The average Bonchev–Trinajstić information content (AvgIpc) is 2.46. The van der Waals surface area contributed by atoms with E-state index in [-0.39, 0.29) is 0 Å². The lowest BCUT2D eigenvalue weighted by atomic mass is 10.2. The van der Waals surface area contributed by atoms with Crippen LogP contribution >= 0.6 is 0 Å². The van der Waals surface area contributed by atoms with Gasteiger partial charge in [-0.2, -0.15) is 0 Å². The molecule has 1 heterocycles. The highest BCUT2D eigenvalue weighted by molar-refractivity contribution is 5.60. The van der Waals surface area contributed by atoms with Crippen LogP contribution in [0, 0.1) is 6.92 Å².